The maximum Gasteiger partial charge on any atom is 0.430 e. The van der Waals surface area contributed by atoms with Gasteiger partial charge in [0.05, 0.1) is 5.03 Å². The maximum atomic E-state index is 12.2. The third-order valence-corrected chi connectivity index (χ3v) is 6.14. The quantitative estimate of drug-likeness (QED) is 0.537. The van der Waals surface area contributed by atoms with Crippen molar-refractivity contribution in [2.24, 2.45) is 0 Å². The summed E-state index contributed by atoms with van der Waals surface area (Å²) in [5.74, 6) is 1.26. The zero-order valence-corrected chi connectivity index (χ0v) is 12.1. The van der Waals surface area contributed by atoms with Crippen LogP contribution in [0.3, 0.4) is 0 Å². The maximum absolute atomic E-state index is 12.2. The molecule has 0 saturated carbocycles. The van der Waals surface area contributed by atoms with Crippen molar-refractivity contribution in [1.29, 1.82) is 0 Å². The molecule has 0 unspecified atom stereocenters. The Hall–Kier alpha value is -0.0700. The lowest BCUT2D eigenvalue weighted by molar-refractivity contribution is -0.433. The van der Waals surface area contributed by atoms with E-state index in [1.54, 1.807) is 35.3 Å². The normalized spacial score (nSPS) is 26.2. The minimum Gasteiger partial charge on any atom is -0.367 e. The SMILES string of the molecule is CC[N+]1=C(SC)S/C(=C2\SCCN2C)C1=O. The molecule has 0 spiro atoms. The molecule has 0 atom stereocenters. The Morgan fingerprint density at radius 2 is 2.31 bits per heavy atom. The molecule has 3 nitrogen and oxygen atoms in total. The van der Waals surface area contributed by atoms with Crippen LogP contribution in [-0.4, -0.2) is 51.9 Å². The number of carbonyl (C=O) groups excluding carboxylic acids is 1. The average molecular weight is 275 g/mol. The largest absolute Gasteiger partial charge is 0.430 e. The van der Waals surface area contributed by atoms with Crippen molar-refractivity contribution < 1.29 is 9.37 Å². The summed E-state index contributed by atoms with van der Waals surface area (Å²) in [7, 11) is 2.06. The predicted molar refractivity (Wildman–Crippen MR) is 74.0 cm³/mol. The van der Waals surface area contributed by atoms with E-state index in [0.717, 1.165) is 33.2 Å². The zero-order valence-electron chi connectivity index (χ0n) is 9.65. The Morgan fingerprint density at radius 3 is 2.75 bits per heavy atom. The first-order valence-corrected chi connectivity index (χ1v) is 8.20. The van der Waals surface area contributed by atoms with E-state index in [1.165, 1.54) is 0 Å². The van der Waals surface area contributed by atoms with Crippen molar-refractivity contribution in [1.82, 2.24) is 4.90 Å². The Morgan fingerprint density at radius 1 is 1.56 bits per heavy atom. The van der Waals surface area contributed by atoms with Gasteiger partial charge in [-0.3, -0.25) is 0 Å². The minimum atomic E-state index is 0.174. The number of nitrogens with zero attached hydrogens (tertiary/aromatic N) is 2. The molecule has 0 radical (unpaired) electrons. The molecule has 1 amide bonds. The van der Waals surface area contributed by atoms with E-state index in [1.807, 2.05) is 17.8 Å². The molecule has 0 aromatic heterocycles. The predicted octanol–water partition coefficient (Wildman–Crippen LogP) is 1.86. The molecule has 2 heterocycles. The summed E-state index contributed by atoms with van der Waals surface area (Å²) in [6.45, 7) is 3.82. The van der Waals surface area contributed by atoms with Crippen LogP contribution in [0.4, 0.5) is 0 Å². The van der Waals surface area contributed by atoms with Gasteiger partial charge in [0.15, 0.2) is 11.4 Å². The van der Waals surface area contributed by atoms with E-state index in [9.17, 15) is 4.79 Å². The molecule has 1 fully saturated rings. The smallest absolute Gasteiger partial charge is 0.367 e. The van der Waals surface area contributed by atoms with Crippen molar-refractivity contribution in [3.63, 3.8) is 0 Å². The molecule has 6 heteroatoms. The number of carbonyl (C=O) groups is 1. The zero-order chi connectivity index (χ0) is 11.7. The van der Waals surface area contributed by atoms with Crippen LogP contribution in [0.25, 0.3) is 0 Å². The van der Waals surface area contributed by atoms with Crippen LogP contribution < -0.4 is 0 Å². The van der Waals surface area contributed by atoms with E-state index < -0.39 is 0 Å². The molecular weight excluding hydrogens is 260 g/mol. The fourth-order valence-corrected chi connectivity index (χ4v) is 5.02. The summed E-state index contributed by atoms with van der Waals surface area (Å²) in [6, 6.07) is 0. The Labute approximate surface area is 109 Å². The summed E-state index contributed by atoms with van der Waals surface area (Å²) >= 11 is 5.07. The van der Waals surface area contributed by atoms with Gasteiger partial charge in [-0.2, -0.15) is 0 Å². The van der Waals surface area contributed by atoms with Gasteiger partial charge >= 0.3 is 5.91 Å². The van der Waals surface area contributed by atoms with Gasteiger partial charge in [-0.25, -0.2) is 4.79 Å². The molecular formula is C10H15N2OS3+. The highest BCUT2D eigenvalue weighted by molar-refractivity contribution is 8.40. The van der Waals surface area contributed by atoms with Crippen molar-refractivity contribution in [3.8, 4) is 0 Å². The molecule has 0 N–H and O–H groups in total. The van der Waals surface area contributed by atoms with E-state index >= 15 is 0 Å². The number of hydrogen-bond acceptors (Lipinski definition) is 5. The Bertz CT molecular complexity index is 390. The van der Waals surface area contributed by atoms with Crippen LogP contribution in [0.15, 0.2) is 9.93 Å². The summed E-state index contributed by atoms with van der Waals surface area (Å²) in [4.78, 5) is 15.3. The monoisotopic (exact) mass is 275 g/mol. The van der Waals surface area contributed by atoms with Crippen molar-refractivity contribution in [2.45, 2.75) is 6.92 Å². The first-order valence-electron chi connectivity index (χ1n) is 5.18. The third kappa shape index (κ3) is 2.02. The molecule has 1 saturated heterocycles. The third-order valence-electron chi connectivity index (χ3n) is 2.55. The molecule has 0 aromatic carbocycles. The average Bonchev–Trinajstić information content (AvgIpc) is 2.82. The van der Waals surface area contributed by atoms with Gasteiger partial charge in [-0.05, 0) is 13.2 Å². The molecule has 0 bridgehead atoms. The van der Waals surface area contributed by atoms with Crippen LogP contribution in [0, 0.1) is 0 Å². The van der Waals surface area contributed by atoms with E-state index in [4.69, 9.17) is 0 Å². The number of thioether (sulfide) groups is 3. The number of likely N-dealkylation sites (N-methyl/N-ethyl adjacent to an activating group) is 1. The summed E-state index contributed by atoms with van der Waals surface area (Å²) in [5, 5.41) is 1.15. The van der Waals surface area contributed by atoms with E-state index in [0.29, 0.717) is 0 Å². The standard InChI is InChI=1S/C10H15N2OS3/c1-4-12-8(13)7(16-10(12)14-3)9-11(2)5-6-15-9/h4-6H2,1-3H3/q+1/b9-7-. The van der Waals surface area contributed by atoms with E-state index in [2.05, 4.69) is 11.9 Å². The lowest BCUT2D eigenvalue weighted by atomic mass is 10.5. The van der Waals surface area contributed by atoms with Gasteiger partial charge in [0.25, 0.3) is 4.38 Å². The molecule has 0 aliphatic carbocycles. The molecule has 0 aromatic rings. The molecule has 2 aliphatic rings. The lowest BCUT2D eigenvalue weighted by Crippen LogP contribution is -2.20. The van der Waals surface area contributed by atoms with Crippen molar-refractivity contribution in [3.05, 3.63) is 9.93 Å². The Kier molecular flexibility index (Phi) is 3.92. The molecule has 88 valence electrons. The van der Waals surface area contributed by atoms with Gasteiger partial charge in [0, 0.05) is 31.1 Å². The summed E-state index contributed by atoms with van der Waals surface area (Å²) < 4.78 is 2.97. The first-order chi connectivity index (χ1) is 7.69. The fourth-order valence-electron chi connectivity index (χ4n) is 1.68. The van der Waals surface area contributed by atoms with Crippen LogP contribution in [0.5, 0.6) is 0 Å². The first kappa shape index (κ1) is 12.4. The van der Waals surface area contributed by atoms with Crippen molar-refractivity contribution >= 4 is 45.6 Å². The molecule has 2 aliphatic heterocycles. The van der Waals surface area contributed by atoms with Crippen LogP contribution in [-0.2, 0) is 4.79 Å². The van der Waals surface area contributed by atoms with Gasteiger partial charge in [-0.1, -0.05) is 11.8 Å². The Balaban J connectivity index is 2.33. The second-order valence-electron chi connectivity index (χ2n) is 3.53. The highest BCUT2D eigenvalue weighted by atomic mass is 32.2. The number of rotatable bonds is 1. The number of hydrogen-bond donors (Lipinski definition) is 0. The van der Waals surface area contributed by atoms with Gasteiger partial charge in [-0.15, -0.1) is 16.3 Å². The van der Waals surface area contributed by atoms with Crippen LogP contribution in [0.1, 0.15) is 6.92 Å². The van der Waals surface area contributed by atoms with Crippen molar-refractivity contribution in [2.75, 3.05) is 32.1 Å². The van der Waals surface area contributed by atoms with Gasteiger partial charge < -0.3 is 4.90 Å². The fraction of sp³-hybridized carbons (Fsp3) is 0.600. The van der Waals surface area contributed by atoms with Gasteiger partial charge in [0.2, 0.25) is 0 Å². The second kappa shape index (κ2) is 5.06. The topological polar surface area (TPSA) is 23.3 Å². The highest BCUT2D eigenvalue weighted by Crippen LogP contribution is 2.39. The summed E-state index contributed by atoms with van der Waals surface area (Å²) in [6.07, 6.45) is 2.03. The van der Waals surface area contributed by atoms with E-state index in [-0.39, 0.29) is 5.91 Å². The molecule has 16 heavy (non-hydrogen) atoms. The lowest BCUT2D eigenvalue weighted by Gasteiger charge is -2.11. The van der Waals surface area contributed by atoms with Gasteiger partial charge in [0.1, 0.15) is 0 Å². The van der Waals surface area contributed by atoms with Crippen LogP contribution >= 0.6 is 35.3 Å². The second-order valence-corrected chi connectivity index (χ2v) is 6.66. The van der Waals surface area contributed by atoms with Crippen LogP contribution in [0.2, 0.25) is 0 Å². The molecule has 2 rings (SSSR count). The highest BCUT2D eigenvalue weighted by Gasteiger charge is 2.40. The number of amides is 1. The minimum absolute atomic E-state index is 0.174. The summed E-state index contributed by atoms with van der Waals surface area (Å²) in [5.41, 5.74) is 0.